The lowest BCUT2D eigenvalue weighted by molar-refractivity contribution is -0.127. The van der Waals surface area contributed by atoms with Gasteiger partial charge in [-0.15, -0.1) is 11.3 Å². The fraction of sp³-hybridized carbons (Fsp3) is 0.667. The number of thiophene rings is 1. The number of rotatable bonds is 4. The quantitative estimate of drug-likeness (QED) is 0.907. The van der Waals surface area contributed by atoms with Gasteiger partial charge in [-0.25, -0.2) is 0 Å². The highest BCUT2D eigenvalue weighted by Gasteiger charge is 2.29. The number of carbonyl (C=O) groups excluding carboxylic acids is 2. The fourth-order valence-corrected chi connectivity index (χ4v) is 4.30. The van der Waals surface area contributed by atoms with Crippen LogP contribution < -0.4 is 5.32 Å². The third kappa shape index (κ3) is 4.16. The minimum absolute atomic E-state index is 0.0570. The van der Waals surface area contributed by atoms with E-state index in [2.05, 4.69) is 17.1 Å². The van der Waals surface area contributed by atoms with Gasteiger partial charge >= 0.3 is 0 Å². The molecule has 0 aromatic carbocycles. The van der Waals surface area contributed by atoms with Crippen molar-refractivity contribution in [3.05, 3.63) is 22.4 Å². The Labute approximate surface area is 148 Å². The fourth-order valence-electron chi connectivity index (χ4n) is 3.61. The molecule has 132 valence electrons. The number of hydrogen-bond acceptors (Lipinski definition) is 4. The van der Waals surface area contributed by atoms with E-state index in [1.165, 1.54) is 11.3 Å². The minimum atomic E-state index is 0.0570. The number of nitrogens with one attached hydrogen (secondary N) is 1. The van der Waals surface area contributed by atoms with Crippen LogP contribution in [-0.4, -0.2) is 60.4 Å². The number of likely N-dealkylation sites (tertiary alicyclic amines) is 2. The normalized spacial score (nSPS) is 21.0. The molecule has 0 aliphatic carbocycles. The molecule has 1 aromatic rings. The Morgan fingerprint density at radius 1 is 1.17 bits per heavy atom. The Morgan fingerprint density at radius 3 is 2.46 bits per heavy atom. The van der Waals surface area contributed by atoms with Crippen molar-refractivity contribution in [2.24, 2.45) is 5.92 Å². The van der Waals surface area contributed by atoms with Crippen molar-refractivity contribution in [3.63, 3.8) is 0 Å². The zero-order chi connectivity index (χ0) is 16.9. The summed E-state index contributed by atoms with van der Waals surface area (Å²) in [6.07, 6.45) is 3.65. The molecular weight excluding hydrogens is 322 g/mol. The smallest absolute Gasteiger partial charge is 0.263 e. The van der Waals surface area contributed by atoms with Gasteiger partial charge in [0.25, 0.3) is 5.91 Å². The molecule has 2 amide bonds. The zero-order valence-electron chi connectivity index (χ0n) is 14.4. The highest BCUT2D eigenvalue weighted by molar-refractivity contribution is 7.12. The van der Waals surface area contributed by atoms with Crippen molar-refractivity contribution in [3.8, 4) is 0 Å². The van der Waals surface area contributed by atoms with Crippen molar-refractivity contribution in [2.45, 2.75) is 38.6 Å². The first-order valence-electron chi connectivity index (χ1n) is 9.03. The Morgan fingerprint density at radius 2 is 1.88 bits per heavy atom. The number of nitrogens with zero attached hydrogens (tertiary/aromatic N) is 2. The molecule has 0 atom stereocenters. The summed E-state index contributed by atoms with van der Waals surface area (Å²) in [6, 6.07) is 4.10. The van der Waals surface area contributed by atoms with Crippen LogP contribution >= 0.6 is 11.3 Å². The first kappa shape index (κ1) is 17.4. The first-order chi connectivity index (χ1) is 11.7. The van der Waals surface area contributed by atoms with Gasteiger partial charge in [0.15, 0.2) is 0 Å². The molecule has 2 fully saturated rings. The van der Waals surface area contributed by atoms with Gasteiger partial charge in [0, 0.05) is 38.1 Å². The molecule has 5 nitrogen and oxygen atoms in total. The molecule has 2 aliphatic rings. The van der Waals surface area contributed by atoms with Crippen LogP contribution in [0.5, 0.6) is 0 Å². The second-order valence-corrected chi connectivity index (χ2v) is 7.71. The Bertz CT molecular complexity index is 545. The van der Waals surface area contributed by atoms with E-state index in [4.69, 9.17) is 0 Å². The van der Waals surface area contributed by atoms with Crippen LogP contribution in [0.1, 0.15) is 42.3 Å². The maximum absolute atomic E-state index is 12.5. The average Bonchev–Trinajstić information content (AvgIpc) is 3.16. The molecule has 0 spiro atoms. The van der Waals surface area contributed by atoms with E-state index in [9.17, 15) is 9.59 Å². The monoisotopic (exact) mass is 349 g/mol. The third-order valence-corrected chi connectivity index (χ3v) is 6.12. The molecule has 6 heteroatoms. The van der Waals surface area contributed by atoms with Crippen molar-refractivity contribution in [1.29, 1.82) is 0 Å². The predicted molar refractivity (Wildman–Crippen MR) is 96.2 cm³/mol. The molecule has 2 saturated heterocycles. The summed E-state index contributed by atoms with van der Waals surface area (Å²) in [4.78, 5) is 29.9. The second-order valence-electron chi connectivity index (χ2n) is 6.76. The zero-order valence-corrected chi connectivity index (χ0v) is 15.2. The largest absolute Gasteiger partial charge is 0.353 e. The third-order valence-electron chi connectivity index (χ3n) is 5.27. The highest BCUT2D eigenvalue weighted by Crippen LogP contribution is 2.21. The van der Waals surface area contributed by atoms with Crippen LogP contribution in [0, 0.1) is 5.92 Å². The number of amides is 2. The number of carbonyl (C=O) groups is 2. The first-order valence-corrected chi connectivity index (χ1v) is 9.91. The lowest BCUT2D eigenvalue weighted by atomic mass is 9.94. The van der Waals surface area contributed by atoms with Gasteiger partial charge in [0.05, 0.1) is 4.88 Å². The van der Waals surface area contributed by atoms with E-state index in [0.29, 0.717) is 19.1 Å². The van der Waals surface area contributed by atoms with E-state index in [0.717, 1.165) is 50.2 Å². The average molecular weight is 350 g/mol. The number of piperidine rings is 2. The summed E-state index contributed by atoms with van der Waals surface area (Å²) < 4.78 is 0. The van der Waals surface area contributed by atoms with Gasteiger partial charge in [-0.05, 0) is 43.7 Å². The van der Waals surface area contributed by atoms with Crippen LogP contribution in [0.25, 0.3) is 0 Å². The van der Waals surface area contributed by atoms with E-state index in [1.54, 1.807) is 0 Å². The van der Waals surface area contributed by atoms with Crippen LogP contribution in [0.15, 0.2) is 17.5 Å². The van der Waals surface area contributed by atoms with Crippen molar-refractivity contribution in [1.82, 2.24) is 15.1 Å². The molecule has 0 unspecified atom stereocenters. The maximum Gasteiger partial charge on any atom is 0.263 e. The summed E-state index contributed by atoms with van der Waals surface area (Å²) in [5, 5.41) is 5.17. The van der Waals surface area contributed by atoms with E-state index in [-0.39, 0.29) is 17.7 Å². The molecule has 1 aromatic heterocycles. The van der Waals surface area contributed by atoms with E-state index in [1.807, 2.05) is 22.4 Å². The van der Waals surface area contributed by atoms with E-state index >= 15 is 0 Å². The second kappa shape index (κ2) is 8.12. The summed E-state index contributed by atoms with van der Waals surface area (Å²) in [7, 11) is 0. The molecule has 0 saturated carbocycles. The summed E-state index contributed by atoms with van der Waals surface area (Å²) >= 11 is 1.48. The van der Waals surface area contributed by atoms with Crippen LogP contribution in [-0.2, 0) is 4.79 Å². The molecule has 3 rings (SSSR count). The standard InChI is InChI=1S/C18H27N3O2S/c1-2-20-9-7-15(8-10-20)19-17(22)14-5-11-21(12-6-14)18(23)16-4-3-13-24-16/h3-4,13-15H,2,5-12H2,1H3,(H,19,22). The topological polar surface area (TPSA) is 52.7 Å². The van der Waals surface area contributed by atoms with Crippen LogP contribution in [0.2, 0.25) is 0 Å². The Balaban J connectivity index is 1.43. The summed E-state index contributed by atoms with van der Waals surface area (Å²) in [6.45, 7) is 6.80. The van der Waals surface area contributed by atoms with Crippen molar-refractivity contribution < 1.29 is 9.59 Å². The van der Waals surface area contributed by atoms with Gasteiger partial charge in [0.2, 0.25) is 5.91 Å². The molecule has 24 heavy (non-hydrogen) atoms. The Kier molecular flexibility index (Phi) is 5.89. The predicted octanol–water partition coefficient (Wildman–Crippen LogP) is 2.20. The van der Waals surface area contributed by atoms with Gasteiger partial charge in [-0.1, -0.05) is 13.0 Å². The number of hydrogen-bond donors (Lipinski definition) is 1. The van der Waals surface area contributed by atoms with Crippen LogP contribution in [0.4, 0.5) is 0 Å². The summed E-state index contributed by atoms with van der Waals surface area (Å²) in [5.74, 6) is 0.352. The molecule has 3 heterocycles. The molecular formula is C18H27N3O2S. The van der Waals surface area contributed by atoms with Gasteiger partial charge in [0.1, 0.15) is 0 Å². The highest BCUT2D eigenvalue weighted by atomic mass is 32.1. The molecule has 1 N–H and O–H groups in total. The minimum Gasteiger partial charge on any atom is -0.353 e. The van der Waals surface area contributed by atoms with Gasteiger partial charge in [-0.2, -0.15) is 0 Å². The molecule has 0 bridgehead atoms. The Hall–Kier alpha value is -1.40. The van der Waals surface area contributed by atoms with Gasteiger partial charge < -0.3 is 15.1 Å². The SMILES string of the molecule is CCN1CCC(NC(=O)C2CCN(C(=O)c3cccs3)CC2)CC1. The van der Waals surface area contributed by atoms with Gasteiger partial charge in [-0.3, -0.25) is 9.59 Å². The van der Waals surface area contributed by atoms with Crippen LogP contribution in [0.3, 0.4) is 0 Å². The maximum atomic E-state index is 12.5. The van der Waals surface area contributed by atoms with Crippen molar-refractivity contribution in [2.75, 3.05) is 32.7 Å². The molecule has 2 aliphatic heterocycles. The van der Waals surface area contributed by atoms with E-state index < -0.39 is 0 Å². The summed E-state index contributed by atoms with van der Waals surface area (Å²) in [5.41, 5.74) is 0. The lowest BCUT2D eigenvalue weighted by Crippen LogP contribution is -2.48. The van der Waals surface area contributed by atoms with Crippen molar-refractivity contribution >= 4 is 23.2 Å². The molecule has 0 radical (unpaired) electrons. The lowest BCUT2D eigenvalue weighted by Gasteiger charge is -2.34.